The second-order valence-corrected chi connectivity index (χ2v) is 18.9. The van der Waals surface area contributed by atoms with Crippen LogP contribution in [0.25, 0.3) is 79.5 Å². The molecule has 0 fully saturated rings. The largest absolute Gasteiger partial charge is 0.494 e. The molecule has 70 heavy (non-hydrogen) atoms. The maximum absolute atomic E-state index is 14.6. The number of halogens is 4. The molecule has 10 rings (SSSR count). The second-order valence-electron chi connectivity index (χ2n) is 16.0. The molecule has 0 N–H and O–H groups in total. The number of benzene rings is 2. The molecule has 2 aromatic carbocycles. The highest BCUT2D eigenvalue weighted by Gasteiger charge is 2.28. The van der Waals surface area contributed by atoms with E-state index >= 15 is 0 Å². The normalized spacial score (nSPS) is 11.5. The molecule has 17 nitrogen and oxygen atoms in total. The summed E-state index contributed by atoms with van der Waals surface area (Å²) < 4.78 is 42.3. The van der Waals surface area contributed by atoms with Gasteiger partial charge in [-0.2, -0.15) is 15.2 Å². The van der Waals surface area contributed by atoms with E-state index in [0.717, 1.165) is 37.9 Å². The number of ether oxygens (including phenoxy) is 1. The zero-order valence-corrected chi connectivity index (χ0v) is 40.5. The van der Waals surface area contributed by atoms with Gasteiger partial charge in [0, 0.05) is 53.8 Å². The molecule has 0 radical (unpaired) electrons. The number of hydrogen-bond acceptors (Lipinski definition) is 12. The van der Waals surface area contributed by atoms with E-state index in [-0.39, 0.29) is 79.4 Å². The Bertz CT molecular complexity index is 4260. The molecule has 0 unspecified atom stereocenters. The van der Waals surface area contributed by atoms with Crippen molar-refractivity contribution < 1.29 is 13.5 Å². The van der Waals surface area contributed by atoms with Gasteiger partial charge >= 0.3 is 17.2 Å². The van der Waals surface area contributed by atoms with Crippen molar-refractivity contribution >= 4 is 94.1 Å². The van der Waals surface area contributed by atoms with Crippen LogP contribution in [0.1, 0.15) is 24.4 Å². The van der Waals surface area contributed by atoms with Crippen LogP contribution < -0.4 is 27.2 Å². The standard InChI is InChI=1S/C47H33Cl2F2N12O5S2/c1-22-38-30(57-59(22)4)19-53-20-33(38)62-44(64)41-31(17-36(69-41)25-9-8-24(50)14-27(25)48)61(46(62)66)13-7-11-54-43-39-40(58(3)23(2)56-39)34(21-55-43)63-45(65)42-32(60(47(63)67)12-6-10-52)18-37(70-42)26-15-35(68-5)29(51)16-28(26)49/h8-9,14-21H,6-7,12-13H2,1-5H3/q+1. The smallest absolute Gasteiger partial charge is 0.453 e. The number of hydrogen-bond donors (Lipinski definition) is 0. The Kier molecular flexibility index (Phi) is 11.6. The van der Waals surface area contributed by atoms with E-state index < -0.39 is 34.1 Å². The van der Waals surface area contributed by atoms with Gasteiger partial charge in [0.1, 0.15) is 37.8 Å². The summed E-state index contributed by atoms with van der Waals surface area (Å²) in [6, 6.07) is 14.7. The number of imidazole rings is 1. The minimum absolute atomic E-state index is 0.0190. The molecule has 0 aliphatic heterocycles. The Morgan fingerprint density at radius 3 is 2.11 bits per heavy atom. The summed E-state index contributed by atoms with van der Waals surface area (Å²) in [5.74, 6) is -0.687. The average molecular weight is 1020 g/mol. The van der Waals surface area contributed by atoms with Crippen molar-refractivity contribution in [3.05, 3.63) is 141 Å². The van der Waals surface area contributed by atoms with Gasteiger partial charge in [-0.3, -0.25) is 28.4 Å². The lowest BCUT2D eigenvalue weighted by Crippen LogP contribution is -2.38. The lowest BCUT2D eigenvalue weighted by atomic mass is 10.1. The van der Waals surface area contributed by atoms with Crippen molar-refractivity contribution in [2.24, 2.45) is 14.1 Å². The van der Waals surface area contributed by atoms with Crippen LogP contribution in [-0.4, -0.2) is 54.7 Å². The van der Waals surface area contributed by atoms with Crippen LogP contribution in [0.5, 0.6) is 5.75 Å². The van der Waals surface area contributed by atoms with Crippen LogP contribution in [0.2, 0.25) is 10.0 Å². The number of thiophene rings is 2. The monoisotopic (exact) mass is 1020 g/mol. The summed E-state index contributed by atoms with van der Waals surface area (Å²) in [5.41, 5.74) is 0.819. The van der Waals surface area contributed by atoms with Gasteiger partial charge < -0.3 is 9.30 Å². The predicted molar refractivity (Wildman–Crippen MR) is 266 cm³/mol. The summed E-state index contributed by atoms with van der Waals surface area (Å²) in [4.78, 5) is 77.1. The Morgan fingerprint density at radius 1 is 0.814 bits per heavy atom. The number of aromatic nitrogens is 10. The van der Waals surface area contributed by atoms with Crippen molar-refractivity contribution in [1.82, 2.24) is 47.6 Å². The van der Waals surface area contributed by atoms with Crippen LogP contribution in [0, 0.1) is 42.9 Å². The van der Waals surface area contributed by atoms with Crippen molar-refractivity contribution in [3.8, 4) is 50.1 Å². The van der Waals surface area contributed by atoms with E-state index in [9.17, 15) is 33.2 Å². The highest BCUT2D eigenvalue weighted by atomic mass is 35.5. The van der Waals surface area contributed by atoms with E-state index in [1.54, 1.807) is 48.6 Å². The molecule has 350 valence electrons. The van der Waals surface area contributed by atoms with E-state index in [1.807, 2.05) is 6.92 Å². The first-order chi connectivity index (χ1) is 33.6. The maximum atomic E-state index is 14.6. The first kappa shape index (κ1) is 45.9. The van der Waals surface area contributed by atoms with E-state index in [0.29, 0.717) is 54.3 Å². The van der Waals surface area contributed by atoms with Crippen LogP contribution in [0.3, 0.4) is 0 Å². The molecule has 23 heteroatoms. The van der Waals surface area contributed by atoms with Gasteiger partial charge in [-0.1, -0.05) is 23.2 Å². The summed E-state index contributed by atoms with van der Waals surface area (Å²) in [7, 11) is 4.77. The summed E-state index contributed by atoms with van der Waals surface area (Å²) in [6.45, 7) is 3.46. The summed E-state index contributed by atoms with van der Waals surface area (Å²) in [5, 5.41) is 14.8. The first-order valence-corrected chi connectivity index (χ1v) is 23.5. The van der Waals surface area contributed by atoms with Gasteiger partial charge in [0.15, 0.2) is 23.8 Å². The lowest BCUT2D eigenvalue weighted by molar-refractivity contribution is 0.387. The fourth-order valence-corrected chi connectivity index (χ4v) is 11.3. The third kappa shape index (κ3) is 7.36. The van der Waals surface area contributed by atoms with Crippen LogP contribution in [0.15, 0.2) is 80.2 Å². The van der Waals surface area contributed by atoms with E-state index in [1.165, 1.54) is 52.9 Å². The molecule has 0 aliphatic rings. The number of fused-ring (bicyclic) bond motifs is 4. The minimum atomic E-state index is -0.744. The fraction of sp³-hybridized carbons (Fsp3) is 0.191. The van der Waals surface area contributed by atoms with Gasteiger partial charge in [0.05, 0.1) is 70.6 Å². The highest BCUT2D eigenvalue weighted by Crippen LogP contribution is 2.40. The number of aryl methyl sites for hydroxylation is 6. The van der Waals surface area contributed by atoms with E-state index in [4.69, 9.17) is 32.9 Å². The molecule has 8 aromatic heterocycles. The van der Waals surface area contributed by atoms with Crippen molar-refractivity contribution in [2.75, 3.05) is 7.11 Å². The molecule has 0 atom stereocenters. The molecule has 0 aliphatic carbocycles. The van der Waals surface area contributed by atoms with Crippen molar-refractivity contribution in [1.29, 1.82) is 5.26 Å². The van der Waals surface area contributed by atoms with Gasteiger partial charge in [0.25, 0.3) is 11.1 Å². The third-order valence-electron chi connectivity index (χ3n) is 12.0. The quantitative estimate of drug-likeness (QED) is 0.135. The fourth-order valence-electron chi connectivity index (χ4n) is 8.44. The molecule has 0 saturated carbocycles. The number of nitriles is 1. The van der Waals surface area contributed by atoms with Crippen LogP contribution in [-0.2, 0) is 27.2 Å². The topological polar surface area (TPSA) is 187 Å². The summed E-state index contributed by atoms with van der Waals surface area (Å²) >= 11 is 15.1. The van der Waals surface area contributed by atoms with Crippen molar-refractivity contribution in [3.63, 3.8) is 0 Å². The van der Waals surface area contributed by atoms with Gasteiger partial charge in [-0.25, -0.2) is 32.5 Å². The molecule has 10 aromatic rings. The predicted octanol–water partition coefficient (Wildman–Crippen LogP) is 8.82. The lowest BCUT2D eigenvalue weighted by Gasteiger charge is -2.11. The molecular weight excluding hydrogens is 986 g/mol. The van der Waals surface area contributed by atoms with Crippen LogP contribution >= 0.6 is 45.9 Å². The minimum Gasteiger partial charge on any atom is -0.494 e. The Hall–Kier alpha value is -7.82. The number of rotatable bonds is 9. The third-order valence-corrected chi connectivity index (χ3v) is 14.9. The van der Waals surface area contributed by atoms with Gasteiger partial charge in [-0.05, 0) is 61.3 Å². The number of pyridine rings is 2. The first-order valence-electron chi connectivity index (χ1n) is 21.1. The molecule has 0 spiro atoms. The Balaban J connectivity index is 1.08. The molecule has 0 amide bonds. The van der Waals surface area contributed by atoms with E-state index in [2.05, 4.69) is 32.1 Å². The molecule has 0 bridgehead atoms. The Morgan fingerprint density at radius 2 is 1.46 bits per heavy atom. The molecular formula is C47H33Cl2F2N12O5S2+. The Labute approximate surface area is 410 Å². The SMILES string of the molecule is COc1cc(-c2cc3c(s2)c(=O)n(-c2cnc([N+]#CCCn4c(=O)n(-c5cncc6nn(C)c(C)c56)c(=O)c5sc(-c6ccc(F)cc6Cl)cc54)c4nc(C)n(C)c24)c(=O)n3CCC#N)c(Cl)cc1F. The molecule has 0 saturated heterocycles. The average Bonchev–Trinajstić information content (AvgIpc) is 4.11. The second kappa shape index (κ2) is 17.6. The van der Waals surface area contributed by atoms with Crippen molar-refractivity contribution in [2.45, 2.75) is 39.8 Å². The number of methoxy groups -OCH3 is 1. The van der Waals surface area contributed by atoms with Gasteiger partial charge in [-0.15, -0.1) is 22.7 Å². The van der Waals surface area contributed by atoms with Crippen LogP contribution in [0.4, 0.5) is 14.6 Å². The maximum Gasteiger partial charge on any atom is 0.453 e. The number of nitrogens with zero attached hydrogens (tertiary/aromatic N) is 12. The molecule has 8 heterocycles. The zero-order valence-electron chi connectivity index (χ0n) is 37.3. The summed E-state index contributed by atoms with van der Waals surface area (Å²) in [6.07, 6.45) is 4.28. The highest BCUT2D eigenvalue weighted by molar-refractivity contribution is 7.22. The zero-order chi connectivity index (χ0) is 49.4. The van der Waals surface area contributed by atoms with Gasteiger partial charge in [0.2, 0.25) is 5.52 Å².